The van der Waals surface area contributed by atoms with E-state index >= 15 is 0 Å². The van der Waals surface area contributed by atoms with E-state index in [0.717, 1.165) is 6.07 Å². The molecule has 0 N–H and O–H groups in total. The van der Waals surface area contributed by atoms with Gasteiger partial charge in [-0.3, -0.25) is 14.9 Å². The molecule has 1 heterocycles. The van der Waals surface area contributed by atoms with Crippen LogP contribution in [-0.2, 0) is 6.54 Å². The minimum Gasteiger partial charge on any atom is -0.347 e. The largest absolute Gasteiger partial charge is 0.347 e. The monoisotopic (exact) mass is 202 g/mol. The van der Waals surface area contributed by atoms with Crippen LogP contribution in [-0.4, -0.2) is 15.4 Å². The SMILES string of the molecule is O=c1ccn(CCCl)cc1[N+](=O)[O-]. The summed E-state index contributed by atoms with van der Waals surface area (Å²) in [6, 6.07) is 1.16. The predicted octanol–water partition coefficient (Wildman–Crippen LogP) is 0.995. The fourth-order valence-corrected chi connectivity index (χ4v) is 1.08. The van der Waals surface area contributed by atoms with Crippen LogP contribution in [0.25, 0.3) is 0 Å². The Hall–Kier alpha value is -1.36. The van der Waals surface area contributed by atoms with E-state index in [2.05, 4.69) is 0 Å². The fraction of sp³-hybridized carbons (Fsp3) is 0.286. The number of nitrogens with zero attached hydrogens (tertiary/aromatic N) is 2. The molecule has 1 aromatic heterocycles. The molecular weight excluding hydrogens is 196 g/mol. The van der Waals surface area contributed by atoms with Crippen LogP contribution in [0, 0.1) is 10.1 Å². The summed E-state index contributed by atoms with van der Waals surface area (Å²) in [7, 11) is 0. The van der Waals surface area contributed by atoms with Crippen LogP contribution < -0.4 is 5.43 Å². The number of nitro groups is 1. The lowest BCUT2D eigenvalue weighted by molar-refractivity contribution is -0.386. The minimum absolute atomic E-state index is 0.347. The van der Waals surface area contributed by atoms with Crippen LogP contribution in [0.1, 0.15) is 0 Å². The molecule has 0 saturated heterocycles. The molecule has 1 rings (SSSR count). The topological polar surface area (TPSA) is 65.1 Å². The van der Waals surface area contributed by atoms with Crippen molar-refractivity contribution >= 4 is 17.3 Å². The summed E-state index contributed by atoms with van der Waals surface area (Å²) in [6.07, 6.45) is 2.66. The van der Waals surface area contributed by atoms with E-state index in [1.807, 2.05) is 0 Å². The number of aryl methyl sites for hydroxylation is 1. The van der Waals surface area contributed by atoms with Gasteiger partial charge < -0.3 is 4.57 Å². The summed E-state index contributed by atoms with van der Waals surface area (Å²) in [6.45, 7) is 0.447. The molecule has 0 radical (unpaired) electrons. The molecule has 0 aromatic carbocycles. The Kier molecular flexibility index (Phi) is 3.02. The molecule has 0 saturated carbocycles. The average Bonchev–Trinajstić information content (AvgIpc) is 2.08. The smallest absolute Gasteiger partial charge is 0.332 e. The van der Waals surface area contributed by atoms with Gasteiger partial charge in [-0.15, -0.1) is 11.6 Å². The van der Waals surface area contributed by atoms with Gasteiger partial charge >= 0.3 is 5.69 Å². The summed E-state index contributed by atoms with van der Waals surface area (Å²) >= 11 is 5.44. The van der Waals surface area contributed by atoms with E-state index in [0.29, 0.717) is 12.4 Å². The zero-order valence-electron chi connectivity index (χ0n) is 6.64. The van der Waals surface area contributed by atoms with Crippen LogP contribution in [0.4, 0.5) is 5.69 Å². The maximum absolute atomic E-state index is 10.9. The molecule has 0 aliphatic rings. The van der Waals surface area contributed by atoms with Gasteiger partial charge in [0, 0.05) is 24.7 Å². The van der Waals surface area contributed by atoms with Gasteiger partial charge in [0.2, 0.25) is 0 Å². The van der Waals surface area contributed by atoms with Crippen molar-refractivity contribution in [2.75, 3.05) is 5.88 Å². The van der Waals surface area contributed by atoms with Gasteiger partial charge in [-0.05, 0) is 0 Å². The molecule has 13 heavy (non-hydrogen) atoms. The van der Waals surface area contributed by atoms with Gasteiger partial charge in [0.25, 0.3) is 5.43 Å². The number of pyridine rings is 1. The number of hydrogen-bond acceptors (Lipinski definition) is 3. The average molecular weight is 203 g/mol. The molecule has 0 aliphatic heterocycles. The van der Waals surface area contributed by atoms with Crippen molar-refractivity contribution in [3.63, 3.8) is 0 Å². The minimum atomic E-state index is -0.701. The van der Waals surface area contributed by atoms with Crippen LogP contribution in [0.5, 0.6) is 0 Å². The lowest BCUT2D eigenvalue weighted by Gasteiger charge is -2.01. The van der Waals surface area contributed by atoms with Crippen molar-refractivity contribution in [3.05, 3.63) is 38.8 Å². The van der Waals surface area contributed by atoms with E-state index in [9.17, 15) is 14.9 Å². The number of rotatable bonds is 3. The molecule has 5 nitrogen and oxygen atoms in total. The highest BCUT2D eigenvalue weighted by Gasteiger charge is 2.10. The van der Waals surface area contributed by atoms with Crippen LogP contribution in [0.15, 0.2) is 23.3 Å². The molecule has 0 amide bonds. The van der Waals surface area contributed by atoms with Gasteiger partial charge in [0.05, 0.1) is 11.1 Å². The van der Waals surface area contributed by atoms with Gasteiger partial charge in [-0.2, -0.15) is 0 Å². The summed E-state index contributed by atoms with van der Waals surface area (Å²) < 4.78 is 1.51. The normalized spacial score (nSPS) is 9.92. The molecule has 6 heteroatoms. The van der Waals surface area contributed by atoms with Crippen molar-refractivity contribution < 1.29 is 4.92 Å². The zero-order chi connectivity index (χ0) is 9.84. The van der Waals surface area contributed by atoms with E-state index in [-0.39, 0.29) is 0 Å². The first-order chi connectivity index (χ1) is 6.15. The Labute approximate surface area is 78.7 Å². The maximum atomic E-state index is 10.9. The Morgan fingerprint density at radius 3 is 2.85 bits per heavy atom. The Morgan fingerprint density at radius 1 is 1.62 bits per heavy atom. The number of alkyl halides is 1. The van der Waals surface area contributed by atoms with E-state index in [4.69, 9.17) is 11.6 Å². The first-order valence-electron chi connectivity index (χ1n) is 3.55. The third kappa shape index (κ3) is 2.29. The van der Waals surface area contributed by atoms with Gasteiger partial charge in [-0.25, -0.2) is 0 Å². The molecule has 0 atom stereocenters. The Bertz CT molecular complexity index is 374. The Balaban J connectivity index is 3.11. The molecule has 70 valence electrons. The lowest BCUT2D eigenvalue weighted by atomic mass is 10.4. The first kappa shape index (κ1) is 9.73. The second kappa shape index (κ2) is 4.04. The van der Waals surface area contributed by atoms with Crippen molar-refractivity contribution in [2.45, 2.75) is 6.54 Å². The second-order valence-corrected chi connectivity index (χ2v) is 2.76. The maximum Gasteiger partial charge on any atom is 0.332 e. The van der Waals surface area contributed by atoms with E-state index in [1.165, 1.54) is 17.0 Å². The molecule has 0 bridgehead atoms. The first-order valence-corrected chi connectivity index (χ1v) is 4.09. The molecule has 0 fully saturated rings. The zero-order valence-corrected chi connectivity index (χ0v) is 7.40. The summed E-state index contributed by atoms with van der Waals surface area (Å²) in [5, 5.41) is 10.3. The third-order valence-corrected chi connectivity index (χ3v) is 1.67. The summed E-state index contributed by atoms with van der Waals surface area (Å²) in [5.41, 5.74) is -1.01. The summed E-state index contributed by atoms with van der Waals surface area (Å²) in [4.78, 5) is 20.6. The van der Waals surface area contributed by atoms with Crippen molar-refractivity contribution in [1.82, 2.24) is 4.57 Å². The van der Waals surface area contributed by atoms with Crippen LogP contribution in [0.2, 0.25) is 0 Å². The van der Waals surface area contributed by atoms with Crippen LogP contribution in [0.3, 0.4) is 0 Å². The predicted molar refractivity (Wildman–Crippen MR) is 48.1 cm³/mol. The van der Waals surface area contributed by atoms with Crippen molar-refractivity contribution in [2.24, 2.45) is 0 Å². The second-order valence-electron chi connectivity index (χ2n) is 2.38. The standard InChI is InChI=1S/C7H7ClN2O3/c8-2-4-9-3-1-7(11)6(5-9)10(12)13/h1,3,5H,2,4H2. The molecule has 0 unspecified atom stereocenters. The molecule has 0 aliphatic carbocycles. The number of halogens is 1. The molecule has 0 spiro atoms. The lowest BCUT2D eigenvalue weighted by Crippen LogP contribution is -2.11. The molecular formula is C7H7ClN2O3. The highest BCUT2D eigenvalue weighted by molar-refractivity contribution is 6.17. The van der Waals surface area contributed by atoms with Gasteiger partial charge in [-0.1, -0.05) is 0 Å². The van der Waals surface area contributed by atoms with Crippen molar-refractivity contribution in [3.8, 4) is 0 Å². The van der Waals surface area contributed by atoms with Crippen LogP contribution >= 0.6 is 11.6 Å². The fourth-order valence-electron chi connectivity index (χ4n) is 0.886. The van der Waals surface area contributed by atoms with Crippen molar-refractivity contribution in [1.29, 1.82) is 0 Å². The highest BCUT2D eigenvalue weighted by atomic mass is 35.5. The van der Waals surface area contributed by atoms with E-state index < -0.39 is 16.0 Å². The van der Waals surface area contributed by atoms with Gasteiger partial charge in [0.15, 0.2) is 0 Å². The Morgan fingerprint density at radius 2 is 2.31 bits per heavy atom. The molecule has 1 aromatic rings. The number of aromatic nitrogens is 1. The van der Waals surface area contributed by atoms with E-state index in [1.54, 1.807) is 0 Å². The summed E-state index contributed by atoms with van der Waals surface area (Å²) in [5.74, 6) is 0.347. The third-order valence-electron chi connectivity index (χ3n) is 1.50. The van der Waals surface area contributed by atoms with Gasteiger partial charge in [0.1, 0.15) is 0 Å². The quantitative estimate of drug-likeness (QED) is 0.417. The highest BCUT2D eigenvalue weighted by Crippen LogP contribution is 2.02. The number of hydrogen-bond donors (Lipinski definition) is 0.